The number of hydrogen-bond donors (Lipinski definition) is 0. The molecule has 3 heterocycles. The SMILES string of the molecule is [2H]C([2H])([2H])c1ccc2c(c1)Oc1c(cc(-n3c4ccccc4n4c5ccccc5nc34)c(C([2H])([2H])[2H])c1-c1cc3c(cc1C(C)(C)C)-c1ccccc1-c1ccccc1-c1ccccc1-3)C(C)(C)C2(C)C. The predicted octanol–water partition coefficient (Wildman–Crippen LogP) is 16.4. The van der Waals surface area contributed by atoms with Crippen LogP contribution in [-0.4, -0.2) is 14.0 Å². The molecule has 0 atom stereocenters. The number of para-hydroxylation sites is 4. The van der Waals surface area contributed by atoms with Gasteiger partial charge in [-0.15, -0.1) is 0 Å². The predicted molar refractivity (Wildman–Crippen MR) is 271 cm³/mol. The van der Waals surface area contributed by atoms with Crippen molar-refractivity contribution in [2.75, 3.05) is 0 Å². The molecule has 0 spiro atoms. The average Bonchev–Trinajstić information content (AvgIpc) is 3.85. The van der Waals surface area contributed by atoms with Crippen LogP contribution in [0.1, 0.15) is 84.5 Å². The van der Waals surface area contributed by atoms with Crippen LogP contribution >= 0.6 is 0 Å². The highest BCUT2D eigenvalue weighted by Gasteiger charge is 2.47. The number of rotatable bonds is 2. The second-order valence-corrected chi connectivity index (χ2v) is 20.0. The topological polar surface area (TPSA) is 31.5 Å². The lowest BCUT2D eigenvalue weighted by Crippen LogP contribution is -2.39. The van der Waals surface area contributed by atoms with Crippen molar-refractivity contribution in [2.24, 2.45) is 0 Å². The summed E-state index contributed by atoms with van der Waals surface area (Å²) in [7, 11) is 0. The van der Waals surface area contributed by atoms with Gasteiger partial charge in [0.2, 0.25) is 5.78 Å². The Balaban J connectivity index is 1.31. The monoisotopic (exact) mass is 849 g/mol. The zero-order valence-electron chi connectivity index (χ0n) is 43.8. The Kier molecular flexibility index (Phi) is 7.02. The molecule has 12 rings (SSSR count). The van der Waals surface area contributed by atoms with Crippen LogP contribution in [0.2, 0.25) is 0 Å². The van der Waals surface area contributed by atoms with E-state index in [9.17, 15) is 4.11 Å². The van der Waals surface area contributed by atoms with Crippen molar-refractivity contribution in [1.29, 1.82) is 0 Å². The molecule has 4 nitrogen and oxygen atoms in total. The van der Waals surface area contributed by atoms with Crippen LogP contribution in [0.5, 0.6) is 11.5 Å². The summed E-state index contributed by atoms with van der Waals surface area (Å²) >= 11 is 0. The van der Waals surface area contributed by atoms with Crippen molar-refractivity contribution >= 4 is 27.8 Å². The molecule has 2 aromatic heterocycles. The maximum atomic E-state index is 9.88. The lowest BCUT2D eigenvalue weighted by atomic mass is 9.60. The van der Waals surface area contributed by atoms with E-state index in [1.54, 1.807) is 12.1 Å². The standard InChI is InChI=1S/C61H53N3O/c1-36-30-31-47-55(32-36)65-57-49(61(8,9)60(47,6)7)35-54(64-53-29-19-18-28-52(53)63-51-27-17-16-26-50(51)62-58(63)64)37(2)56(57)46-33-44-42-24-14-12-22-40(42)38-20-10-11-21-39(38)41-23-13-15-25-43(41)45(44)34-48(46)59(3,4)5/h10-35H,1-9H3/i1D3,2D3. The van der Waals surface area contributed by atoms with E-state index < -0.39 is 29.9 Å². The first-order valence-electron chi connectivity index (χ1n) is 25.6. The molecule has 0 radical (unpaired) electrons. The summed E-state index contributed by atoms with van der Waals surface area (Å²) in [5.41, 5.74) is 14.3. The van der Waals surface area contributed by atoms with Crippen LogP contribution in [0, 0.1) is 13.7 Å². The van der Waals surface area contributed by atoms with E-state index in [1.165, 1.54) is 0 Å². The molecule has 0 saturated carbocycles. The van der Waals surface area contributed by atoms with Crippen LogP contribution in [0.3, 0.4) is 0 Å². The van der Waals surface area contributed by atoms with Crippen LogP contribution in [-0.2, 0) is 16.2 Å². The summed E-state index contributed by atoms with van der Waals surface area (Å²) in [6.45, 7) is 10.1. The molecule has 318 valence electrons. The largest absolute Gasteiger partial charge is 0.456 e. The maximum absolute atomic E-state index is 9.88. The minimum absolute atomic E-state index is 0.103. The van der Waals surface area contributed by atoms with Gasteiger partial charge in [-0.05, 0) is 134 Å². The Labute approximate surface area is 390 Å². The first-order chi connectivity index (χ1) is 33.7. The Hall–Kier alpha value is -7.17. The smallest absolute Gasteiger partial charge is 0.220 e. The van der Waals surface area contributed by atoms with Crippen molar-refractivity contribution in [2.45, 2.75) is 78.4 Å². The van der Waals surface area contributed by atoms with Gasteiger partial charge < -0.3 is 4.74 Å². The molecule has 0 bridgehead atoms. The molecule has 1 aliphatic carbocycles. The molecule has 8 aromatic carbocycles. The molecule has 0 unspecified atom stereocenters. The number of aryl methyl sites for hydroxylation is 1. The van der Waals surface area contributed by atoms with Gasteiger partial charge in [0.15, 0.2) is 0 Å². The number of nitrogens with zero attached hydrogens (tertiary/aromatic N) is 3. The first kappa shape index (κ1) is 33.4. The van der Waals surface area contributed by atoms with Crippen LogP contribution in [0.15, 0.2) is 158 Å². The molecule has 10 aromatic rings. The third kappa shape index (κ3) is 5.53. The number of ether oxygens (including phenoxy) is 1. The van der Waals surface area contributed by atoms with Gasteiger partial charge in [-0.2, -0.15) is 0 Å². The van der Waals surface area contributed by atoms with Crippen molar-refractivity contribution in [3.63, 3.8) is 0 Å². The third-order valence-electron chi connectivity index (χ3n) is 14.9. The van der Waals surface area contributed by atoms with Gasteiger partial charge in [-0.25, -0.2) is 4.98 Å². The molecule has 0 amide bonds. The molecule has 1 aliphatic heterocycles. The molecular formula is C61H53N3O. The van der Waals surface area contributed by atoms with E-state index in [2.05, 4.69) is 144 Å². The quantitative estimate of drug-likeness (QED) is 0.174. The summed E-state index contributed by atoms with van der Waals surface area (Å²) in [5, 5.41) is 0. The van der Waals surface area contributed by atoms with Crippen molar-refractivity contribution in [3.8, 4) is 72.8 Å². The van der Waals surface area contributed by atoms with Gasteiger partial charge in [-0.3, -0.25) is 8.97 Å². The number of aromatic nitrogens is 3. The molecule has 65 heavy (non-hydrogen) atoms. The molecule has 0 N–H and O–H groups in total. The number of hydrogen-bond acceptors (Lipinski definition) is 2. The van der Waals surface area contributed by atoms with Gasteiger partial charge in [0.25, 0.3) is 0 Å². The Bertz CT molecular complexity index is 3880. The van der Waals surface area contributed by atoms with Crippen LogP contribution < -0.4 is 4.74 Å². The second kappa shape index (κ2) is 13.7. The molecule has 0 fully saturated rings. The lowest BCUT2D eigenvalue weighted by Gasteiger charge is -2.42. The normalized spacial score (nSPS) is 16.4. The van der Waals surface area contributed by atoms with Crippen molar-refractivity contribution in [3.05, 3.63) is 186 Å². The van der Waals surface area contributed by atoms with Gasteiger partial charge in [-0.1, -0.05) is 158 Å². The van der Waals surface area contributed by atoms with E-state index >= 15 is 0 Å². The fourth-order valence-corrected chi connectivity index (χ4v) is 10.9. The highest BCUT2D eigenvalue weighted by atomic mass is 16.5. The van der Waals surface area contributed by atoms with E-state index in [0.717, 1.165) is 83.3 Å². The van der Waals surface area contributed by atoms with Gasteiger partial charge in [0.05, 0.1) is 27.8 Å². The Morgan fingerprint density at radius 1 is 0.523 bits per heavy atom. The van der Waals surface area contributed by atoms with E-state index in [0.29, 0.717) is 34.1 Å². The Morgan fingerprint density at radius 2 is 1.06 bits per heavy atom. The van der Waals surface area contributed by atoms with E-state index in [-0.39, 0.29) is 11.1 Å². The van der Waals surface area contributed by atoms with E-state index in [4.69, 9.17) is 13.8 Å². The fourth-order valence-electron chi connectivity index (χ4n) is 10.9. The van der Waals surface area contributed by atoms with Crippen LogP contribution in [0.4, 0.5) is 0 Å². The highest BCUT2D eigenvalue weighted by molar-refractivity contribution is 6.05. The molecule has 2 aliphatic rings. The minimum atomic E-state index is -2.74. The number of benzene rings is 8. The van der Waals surface area contributed by atoms with Crippen LogP contribution in [0.25, 0.3) is 89.2 Å². The van der Waals surface area contributed by atoms with Crippen molar-refractivity contribution < 1.29 is 13.0 Å². The highest BCUT2D eigenvalue weighted by Crippen LogP contribution is 2.59. The zero-order valence-corrected chi connectivity index (χ0v) is 37.8. The van der Waals surface area contributed by atoms with Gasteiger partial charge in [0, 0.05) is 35.7 Å². The summed E-state index contributed by atoms with van der Waals surface area (Å²) < 4.78 is 66.7. The number of fused-ring (bicyclic) bond motifs is 15. The lowest BCUT2D eigenvalue weighted by molar-refractivity contribution is 0.306. The van der Waals surface area contributed by atoms with Crippen molar-refractivity contribution in [1.82, 2.24) is 14.0 Å². The summed E-state index contributed by atoms with van der Waals surface area (Å²) in [5.74, 6) is 1.35. The fraction of sp³-hybridized carbons (Fsp3) is 0.197. The molecule has 0 saturated heterocycles. The molecule has 4 heteroatoms. The summed E-state index contributed by atoms with van der Waals surface area (Å²) in [6.07, 6.45) is 0. The van der Waals surface area contributed by atoms with Gasteiger partial charge in [0.1, 0.15) is 11.5 Å². The molecular weight excluding hydrogens is 791 g/mol. The third-order valence-corrected chi connectivity index (χ3v) is 14.9. The summed E-state index contributed by atoms with van der Waals surface area (Å²) in [4.78, 5) is 5.27. The average molecular weight is 850 g/mol. The zero-order chi connectivity index (χ0) is 49.7. The number of imidazole rings is 2. The second-order valence-electron chi connectivity index (χ2n) is 20.0. The maximum Gasteiger partial charge on any atom is 0.220 e. The Morgan fingerprint density at radius 3 is 1.66 bits per heavy atom. The van der Waals surface area contributed by atoms with E-state index in [1.807, 2.05) is 59.2 Å². The minimum Gasteiger partial charge on any atom is -0.456 e. The van der Waals surface area contributed by atoms with Gasteiger partial charge >= 0.3 is 0 Å². The first-order valence-corrected chi connectivity index (χ1v) is 22.6. The summed E-state index contributed by atoms with van der Waals surface area (Å²) in [6, 6.07) is 53.4.